The van der Waals surface area contributed by atoms with Crippen molar-refractivity contribution < 1.29 is 17.2 Å². The second-order valence-corrected chi connectivity index (χ2v) is 8.59. The highest BCUT2D eigenvalue weighted by molar-refractivity contribution is 7.90. The molecule has 0 radical (unpaired) electrons. The Kier molecular flexibility index (Phi) is 5.67. The molecule has 0 amide bonds. The second kappa shape index (κ2) is 7.85. The number of rotatable bonds is 5. The molecule has 0 aliphatic rings. The van der Waals surface area contributed by atoms with Crippen LogP contribution in [0.4, 0.5) is 8.78 Å². The van der Waals surface area contributed by atoms with E-state index in [-0.39, 0.29) is 16.2 Å². The zero-order valence-electron chi connectivity index (χ0n) is 15.1. The zero-order valence-corrected chi connectivity index (χ0v) is 16.7. The summed E-state index contributed by atoms with van der Waals surface area (Å²) in [5.74, 6) is 0. The van der Waals surface area contributed by atoms with E-state index in [1.54, 1.807) is 49.4 Å². The highest BCUT2D eigenvalue weighted by Gasteiger charge is 2.26. The third-order valence-electron chi connectivity index (χ3n) is 4.13. The maximum Gasteiger partial charge on any atom is 0.281 e. The standard InChI is InChI=1S/C20H17ClF2N2O2S/c1-3-12-25-19(20(22)23)17(13-4-8-15(21)9-5-13)18(24-25)14-6-10-16(11-7-14)28(2,26)27/h3-12,20H,1-2H3. The van der Waals surface area contributed by atoms with Crippen molar-refractivity contribution in [2.24, 2.45) is 0 Å². The Labute approximate surface area is 167 Å². The SMILES string of the molecule is CC=Cn1nc(-c2ccc(S(C)(=O)=O)cc2)c(-c2ccc(Cl)cc2)c1C(F)F. The number of hydrogen-bond donors (Lipinski definition) is 0. The third-order valence-corrected chi connectivity index (χ3v) is 5.51. The van der Waals surface area contributed by atoms with E-state index >= 15 is 0 Å². The molecule has 0 saturated carbocycles. The lowest BCUT2D eigenvalue weighted by atomic mass is 9.99. The summed E-state index contributed by atoms with van der Waals surface area (Å²) in [5, 5.41) is 4.84. The Morgan fingerprint density at radius 3 is 2.11 bits per heavy atom. The summed E-state index contributed by atoms with van der Waals surface area (Å²) in [7, 11) is -3.37. The predicted octanol–water partition coefficient (Wildman–Crippen LogP) is 5.70. The van der Waals surface area contributed by atoms with Crippen molar-refractivity contribution in [1.82, 2.24) is 9.78 Å². The topological polar surface area (TPSA) is 52.0 Å². The van der Waals surface area contributed by atoms with Crippen LogP contribution < -0.4 is 0 Å². The number of benzene rings is 2. The van der Waals surface area contributed by atoms with E-state index in [0.29, 0.717) is 21.8 Å². The summed E-state index contributed by atoms with van der Waals surface area (Å²) in [4.78, 5) is 0.145. The fourth-order valence-electron chi connectivity index (χ4n) is 2.87. The van der Waals surface area contributed by atoms with E-state index in [1.165, 1.54) is 18.3 Å². The highest BCUT2D eigenvalue weighted by atomic mass is 35.5. The van der Waals surface area contributed by atoms with Gasteiger partial charge >= 0.3 is 0 Å². The highest BCUT2D eigenvalue weighted by Crippen LogP contribution is 2.39. The number of halogens is 3. The molecule has 0 spiro atoms. The average molecular weight is 423 g/mol. The van der Waals surface area contributed by atoms with Gasteiger partial charge in [-0.25, -0.2) is 21.9 Å². The fraction of sp³-hybridized carbons (Fsp3) is 0.150. The smallest absolute Gasteiger partial charge is 0.238 e. The molecular formula is C20H17ClF2N2O2S. The Bertz CT molecular complexity index is 1120. The molecular weight excluding hydrogens is 406 g/mol. The minimum absolute atomic E-state index is 0.145. The summed E-state index contributed by atoms with van der Waals surface area (Å²) in [6, 6.07) is 12.5. The van der Waals surface area contributed by atoms with Crippen LogP contribution in [0.5, 0.6) is 0 Å². The monoisotopic (exact) mass is 422 g/mol. The van der Waals surface area contributed by atoms with Crippen molar-refractivity contribution in [2.75, 3.05) is 6.26 Å². The van der Waals surface area contributed by atoms with Crippen molar-refractivity contribution in [3.63, 3.8) is 0 Å². The molecule has 1 aromatic heterocycles. The lowest BCUT2D eigenvalue weighted by molar-refractivity contribution is 0.144. The molecule has 0 bridgehead atoms. The van der Waals surface area contributed by atoms with Gasteiger partial charge in [0.25, 0.3) is 6.43 Å². The summed E-state index contributed by atoms with van der Waals surface area (Å²) in [5.41, 5.74) is 1.43. The average Bonchev–Trinajstić information content (AvgIpc) is 3.01. The van der Waals surface area contributed by atoms with Gasteiger partial charge in [0.15, 0.2) is 9.84 Å². The normalized spacial score (nSPS) is 12.2. The minimum Gasteiger partial charge on any atom is -0.238 e. The number of alkyl halides is 2. The first-order valence-corrected chi connectivity index (χ1v) is 10.6. The van der Waals surface area contributed by atoms with E-state index < -0.39 is 16.3 Å². The largest absolute Gasteiger partial charge is 0.281 e. The Morgan fingerprint density at radius 2 is 1.61 bits per heavy atom. The van der Waals surface area contributed by atoms with Crippen LogP contribution in [0.15, 0.2) is 59.5 Å². The molecule has 0 aliphatic heterocycles. The number of hydrogen-bond acceptors (Lipinski definition) is 3. The van der Waals surface area contributed by atoms with Gasteiger partial charge in [0, 0.05) is 28.6 Å². The van der Waals surface area contributed by atoms with Crippen molar-refractivity contribution >= 4 is 27.6 Å². The zero-order chi connectivity index (χ0) is 20.5. The maximum absolute atomic E-state index is 13.9. The van der Waals surface area contributed by atoms with Gasteiger partial charge < -0.3 is 0 Å². The molecule has 0 unspecified atom stereocenters. The third kappa shape index (κ3) is 4.00. The van der Waals surface area contributed by atoms with Crippen LogP contribution in [-0.4, -0.2) is 24.5 Å². The Hall–Kier alpha value is -2.51. The molecule has 0 N–H and O–H groups in total. The van der Waals surface area contributed by atoms with Gasteiger partial charge in [0.1, 0.15) is 11.4 Å². The van der Waals surface area contributed by atoms with Crippen LogP contribution in [0.25, 0.3) is 28.6 Å². The molecule has 0 atom stereocenters. The Morgan fingerprint density at radius 1 is 1.04 bits per heavy atom. The Balaban J connectivity index is 2.28. The van der Waals surface area contributed by atoms with Crippen molar-refractivity contribution in [3.8, 4) is 22.4 Å². The van der Waals surface area contributed by atoms with Crippen LogP contribution in [-0.2, 0) is 9.84 Å². The van der Waals surface area contributed by atoms with Crippen LogP contribution in [0.3, 0.4) is 0 Å². The molecule has 28 heavy (non-hydrogen) atoms. The molecule has 0 fully saturated rings. The first kappa shape index (κ1) is 20.2. The van der Waals surface area contributed by atoms with Gasteiger partial charge in [-0.1, -0.05) is 41.9 Å². The van der Waals surface area contributed by atoms with Crippen LogP contribution in [0.1, 0.15) is 19.0 Å². The van der Waals surface area contributed by atoms with E-state index in [9.17, 15) is 17.2 Å². The molecule has 8 heteroatoms. The molecule has 4 nitrogen and oxygen atoms in total. The number of aromatic nitrogens is 2. The molecule has 3 rings (SSSR count). The number of allylic oxidation sites excluding steroid dienone is 1. The number of nitrogens with zero attached hydrogens (tertiary/aromatic N) is 2. The van der Waals surface area contributed by atoms with Gasteiger partial charge in [0.2, 0.25) is 0 Å². The molecule has 0 saturated heterocycles. The fourth-order valence-corrected chi connectivity index (χ4v) is 3.63. The maximum atomic E-state index is 13.9. The lowest BCUT2D eigenvalue weighted by Gasteiger charge is -2.08. The molecule has 146 valence electrons. The molecule has 3 aromatic rings. The quantitative estimate of drug-likeness (QED) is 0.529. The summed E-state index contributed by atoms with van der Waals surface area (Å²) >= 11 is 5.94. The van der Waals surface area contributed by atoms with E-state index in [0.717, 1.165) is 10.9 Å². The number of sulfone groups is 1. The first-order chi connectivity index (χ1) is 13.2. The van der Waals surface area contributed by atoms with Gasteiger partial charge in [-0.3, -0.25) is 0 Å². The molecule has 0 aliphatic carbocycles. The van der Waals surface area contributed by atoms with E-state index in [4.69, 9.17) is 11.6 Å². The minimum atomic E-state index is -3.37. The summed E-state index contributed by atoms with van der Waals surface area (Å²) in [6.45, 7) is 1.71. The van der Waals surface area contributed by atoms with Crippen molar-refractivity contribution in [1.29, 1.82) is 0 Å². The van der Waals surface area contributed by atoms with Gasteiger partial charge in [-0.05, 0) is 36.8 Å². The predicted molar refractivity (Wildman–Crippen MR) is 107 cm³/mol. The first-order valence-electron chi connectivity index (χ1n) is 8.32. The van der Waals surface area contributed by atoms with Gasteiger partial charge in [-0.2, -0.15) is 5.10 Å². The molecule has 1 heterocycles. The van der Waals surface area contributed by atoms with Crippen molar-refractivity contribution in [2.45, 2.75) is 18.2 Å². The van der Waals surface area contributed by atoms with Gasteiger partial charge in [0.05, 0.1) is 4.90 Å². The van der Waals surface area contributed by atoms with Crippen molar-refractivity contribution in [3.05, 3.63) is 65.3 Å². The summed E-state index contributed by atoms with van der Waals surface area (Å²) < 4.78 is 52.4. The molecule has 2 aromatic carbocycles. The van der Waals surface area contributed by atoms with Crippen LogP contribution in [0.2, 0.25) is 5.02 Å². The van der Waals surface area contributed by atoms with E-state index in [2.05, 4.69) is 5.10 Å². The van der Waals surface area contributed by atoms with Gasteiger partial charge in [-0.15, -0.1) is 0 Å². The summed E-state index contributed by atoms with van der Waals surface area (Å²) in [6.07, 6.45) is 1.41. The lowest BCUT2D eigenvalue weighted by Crippen LogP contribution is -1.98. The van der Waals surface area contributed by atoms with Crippen LogP contribution in [0, 0.1) is 0 Å². The van der Waals surface area contributed by atoms with E-state index in [1.807, 2.05) is 0 Å². The second-order valence-electron chi connectivity index (χ2n) is 6.14. The van der Waals surface area contributed by atoms with Crippen LogP contribution >= 0.6 is 11.6 Å².